The molecule has 0 amide bonds. The van der Waals surface area contributed by atoms with Gasteiger partial charge in [0.2, 0.25) is 0 Å². The Kier molecular flexibility index (Phi) is 7.19. The van der Waals surface area contributed by atoms with Crippen LogP contribution in [0.3, 0.4) is 0 Å². The van der Waals surface area contributed by atoms with Crippen LogP contribution < -0.4 is 0 Å². The molecule has 122 valence electrons. The van der Waals surface area contributed by atoms with E-state index in [2.05, 4.69) is 34.3 Å². The highest BCUT2D eigenvalue weighted by atomic mass is 32.3. The third-order valence-corrected chi connectivity index (χ3v) is 6.32. The van der Waals surface area contributed by atoms with Gasteiger partial charge in [-0.2, -0.15) is 7.77 Å². The normalized spacial score (nSPS) is 25.4. The van der Waals surface area contributed by atoms with E-state index in [-0.39, 0.29) is 15.4 Å². The Morgan fingerprint density at radius 1 is 1.35 bits per heavy atom. The third kappa shape index (κ3) is 5.01. The molecule has 0 saturated heterocycles. The Hall–Kier alpha value is -0.120. The van der Waals surface area contributed by atoms with Gasteiger partial charge < -0.3 is 0 Å². The molecule has 0 bridgehead atoms. The van der Waals surface area contributed by atoms with Gasteiger partial charge in [0.25, 0.3) is 0 Å². The Bertz CT molecular complexity index is 314. The summed E-state index contributed by atoms with van der Waals surface area (Å²) in [5.41, 5.74) is 1.39. The van der Waals surface area contributed by atoms with Crippen molar-refractivity contribution in [3.63, 3.8) is 0 Å². The zero-order valence-corrected chi connectivity index (χ0v) is 14.4. The minimum Gasteiger partial charge on any atom is -0.269 e. The lowest BCUT2D eigenvalue weighted by molar-refractivity contribution is 0.210. The first-order valence-electron chi connectivity index (χ1n) is 7.43. The molecule has 0 aromatic rings. The molecule has 1 aliphatic rings. The van der Waals surface area contributed by atoms with Crippen LogP contribution in [0.15, 0.2) is 12.2 Å². The van der Waals surface area contributed by atoms with E-state index in [4.69, 9.17) is 0 Å². The fourth-order valence-electron chi connectivity index (χ4n) is 3.31. The Balaban J connectivity index is 0.00000361. The van der Waals surface area contributed by atoms with Crippen LogP contribution in [0.4, 0.5) is 12.5 Å². The molecule has 20 heavy (non-hydrogen) atoms. The highest BCUT2D eigenvalue weighted by Crippen LogP contribution is 2.62. The Labute approximate surface area is 124 Å². The second-order valence-corrected chi connectivity index (χ2v) is 9.27. The molecule has 1 unspecified atom stereocenters. The van der Waals surface area contributed by atoms with E-state index in [0.29, 0.717) is 11.8 Å². The highest BCUT2D eigenvalue weighted by Gasteiger charge is 2.42. The van der Waals surface area contributed by atoms with E-state index in [1.165, 1.54) is 18.4 Å². The number of halogens is 3. The van der Waals surface area contributed by atoms with Crippen molar-refractivity contribution < 1.29 is 12.5 Å². The van der Waals surface area contributed by atoms with Gasteiger partial charge in [0.1, 0.15) is 0 Å². The van der Waals surface area contributed by atoms with Gasteiger partial charge >= 0.3 is 0 Å². The fourth-order valence-corrected chi connectivity index (χ4v) is 4.53. The third-order valence-electron chi connectivity index (χ3n) is 4.76. The smallest absolute Gasteiger partial charge is 0.0573 e. The topological polar surface area (TPSA) is 0 Å². The second-order valence-electron chi connectivity index (χ2n) is 7.04. The molecule has 1 atom stereocenters. The average molecular weight is 312 g/mol. The molecular weight excluding hydrogens is 281 g/mol. The molecule has 0 heterocycles. The van der Waals surface area contributed by atoms with Gasteiger partial charge in [0.05, 0.1) is 10.8 Å². The van der Waals surface area contributed by atoms with Gasteiger partial charge in [-0.25, -0.2) is 0 Å². The quantitative estimate of drug-likeness (QED) is 0.469. The summed E-state index contributed by atoms with van der Waals surface area (Å²) in [6.45, 7) is 13.2. The van der Waals surface area contributed by atoms with Crippen LogP contribution in [0, 0.1) is 17.3 Å². The van der Waals surface area contributed by atoms with Crippen LogP contribution in [0.25, 0.3) is 0 Å². The van der Waals surface area contributed by atoms with Crippen molar-refractivity contribution in [3.8, 4) is 0 Å². The van der Waals surface area contributed by atoms with Crippen LogP contribution in [0.2, 0.25) is 0 Å². The average Bonchev–Trinajstić information content (AvgIpc) is 2.20. The van der Waals surface area contributed by atoms with Crippen LogP contribution in [-0.2, 0) is 0 Å². The van der Waals surface area contributed by atoms with Gasteiger partial charge in [-0.3, -0.25) is 4.70 Å². The molecule has 4 heteroatoms. The zero-order chi connectivity index (χ0) is 14.8. The monoisotopic (exact) mass is 312 g/mol. The van der Waals surface area contributed by atoms with Crippen molar-refractivity contribution in [3.05, 3.63) is 12.2 Å². The first kappa shape index (κ1) is 19.9. The molecule has 0 aliphatic heterocycles. The van der Waals surface area contributed by atoms with Crippen molar-refractivity contribution in [2.75, 3.05) is 6.26 Å². The van der Waals surface area contributed by atoms with Crippen molar-refractivity contribution >= 4 is 10.8 Å². The van der Waals surface area contributed by atoms with E-state index in [9.17, 15) is 7.77 Å². The van der Waals surface area contributed by atoms with Gasteiger partial charge in [0, 0.05) is 11.5 Å². The van der Waals surface area contributed by atoms with Crippen LogP contribution in [-0.4, -0.2) is 11.5 Å². The summed E-state index contributed by atoms with van der Waals surface area (Å²) in [7, 11) is -3.32. The van der Waals surface area contributed by atoms with Gasteiger partial charge in [-0.05, 0) is 42.9 Å². The fraction of sp³-hybridized carbons (Fsp3) is 0.875. The Morgan fingerprint density at radius 2 is 1.85 bits per heavy atom. The lowest BCUT2D eigenvalue weighted by Gasteiger charge is -2.44. The minimum absolute atomic E-state index is 0. The highest BCUT2D eigenvalue weighted by molar-refractivity contribution is 8.25. The molecule has 0 N–H and O–H groups in total. The largest absolute Gasteiger partial charge is 0.269 e. The number of hydrogen-bond acceptors (Lipinski definition) is 0. The molecule has 0 aromatic heterocycles. The number of hydrogen-bond donors (Lipinski definition) is 0. The summed E-state index contributed by atoms with van der Waals surface area (Å²) in [5.74, 6) is 1.01. The minimum atomic E-state index is -3.32. The maximum Gasteiger partial charge on any atom is 0.0573 e. The Morgan fingerprint density at radius 3 is 2.25 bits per heavy atom. The van der Waals surface area contributed by atoms with Crippen molar-refractivity contribution in [1.29, 1.82) is 0 Å². The number of rotatable bonds is 7. The molecule has 0 radical (unpaired) electrons. The van der Waals surface area contributed by atoms with E-state index in [1.54, 1.807) is 0 Å². The van der Waals surface area contributed by atoms with Crippen LogP contribution in [0.5, 0.6) is 0 Å². The SMILES string of the molecule is C=C(C(C)CCC)C(C)(C)CC1CC(S(C)(F)F)C1.F. The van der Waals surface area contributed by atoms with Gasteiger partial charge in [-0.15, -0.1) is 0 Å². The lowest BCUT2D eigenvalue weighted by atomic mass is 9.67. The standard InChI is InChI=1S/C16H30F2S.FH/c1-7-8-12(2)13(3)16(4,5)11-14-9-15(10-14)19(6,17)18;/h12,14-15H,3,7-11H2,1-2,4-6H3;1H. The second kappa shape index (κ2) is 7.24. The molecule has 0 aromatic carbocycles. The van der Waals surface area contributed by atoms with Crippen LogP contribution >= 0.6 is 10.8 Å². The molecule has 1 fully saturated rings. The first-order valence-corrected chi connectivity index (χ1v) is 9.34. The molecule has 0 spiro atoms. The summed E-state index contributed by atoms with van der Waals surface area (Å²) in [6.07, 6.45) is 5.95. The van der Waals surface area contributed by atoms with E-state index >= 15 is 0 Å². The summed E-state index contributed by atoms with van der Waals surface area (Å²) in [6, 6.07) is 0. The summed E-state index contributed by atoms with van der Waals surface area (Å²) < 4.78 is 26.5. The summed E-state index contributed by atoms with van der Waals surface area (Å²) in [4.78, 5) is 0. The number of allylic oxidation sites excluding steroid dienone is 1. The summed E-state index contributed by atoms with van der Waals surface area (Å²) in [5, 5.41) is -0.311. The molecular formula is C16H31F3S. The van der Waals surface area contributed by atoms with Crippen molar-refractivity contribution in [2.45, 2.75) is 65.0 Å². The van der Waals surface area contributed by atoms with Gasteiger partial charge in [0.15, 0.2) is 0 Å². The predicted molar refractivity (Wildman–Crippen MR) is 86.4 cm³/mol. The van der Waals surface area contributed by atoms with Crippen molar-refractivity contribution in [1.82, 2.24) is 0 Å². The summed E-state index contributed by atoms with van der Waals surface area (Å²) >= 11 is 0. The lowest BCUT2D eigenvalue weighted by Crippen LogP contribution is -2.34. The van der Waals surface area contributed by atoms with Gasteiger partial charge in [-0.1, -0.05) is 46.3 Å². The van der Waals surface area contributed by atoms with Crippen molar-refractivity contribution in [2.24, 2.45) is 17.3 Å². The predicted octanol–water partition coefficient (Wildman–Crippen LogP) is 6.53. The molecule has 0 nitrogen and oxygen atoms in total. The van der Waals surface area contributed by atoms with E-state index in [1.807, 2.05) is 0 Å². The maximum atomic E-state index is 13.2. The van der Waals surface area contributed by atoms with E-state index < -0.39 is 10.8 Å². The first-order chi connectivity index (χ1) is 8.58. The van der Waals surface area contributed by atoms with Crippen LogP contribution in [0.1, 0.15) is 59.8 Å². The maximum absolute atomic E-state index is 13.2. The molecule has 1 rings (SSSR count). The zero-order valence-electron chi connectivity index (χ0n) is 13.5. The molecule has 1 aliphatic carbocycles. The molecule has 1 saturated carbocycles. The van der Waals surface area contributed by atoms with E-state index in [0.717, 1.165) is 25.5 Å².